The van der Waals surface area contributed by atoms with E-state index < -0.39 is 24.0 Å². The van der Waals surface area contributed by atoms with Gasteiger partial charge in [-0.15, -0.1) is 0 Å². The number of ether oxygens (including phenoxy) is 1. The molecule has 9 nitrogen and oxygen atoms in total. The molecule has 3 unspecified atom stereocenters. The van der Waals surface area contributed by atoms with Gasteiger partial charge >= 0.3 is 0 Å². The fourth-order valence-electron chi connectivity index (χ4n) is 2.26. The number of imidazole rings is 1. The molecule has 0 aromatic carbocycles. The largest absolute Gasteiger partial charge is 0.394 e. The van der Waals surface area contributed by atoms with Gasteiger partial charge in [0, 0.05) is 6.42 Å². The van der Waals surface area contributed by atoms with Crippen LogP contribution in [0, 0.1) is 0 Å². The Hall–Kier alpha value is -1.97. The summed E-state index contributed by atoms with van der Waals surface area (Å²) in [5, 5.41) is 24.7. The monoisotopic (exact) mass is 267 g/mol. The second kappa shape index (κ2) is 4.30. The van der Waals surface area contributed by atoms with Crippen molar-refractivity contribution in [2.75, 3.05) is 12.3 Å². The summed E-state index contributed by atoms with van der Waals surface area (Å²) in [7, 11) is 0. The van der Waals surface area contributed by atoms with E-state index in [2.05, 4.69) is 15.2 Å². The van der Waals surface area contributed by atoms with Crippen LogP contribution in [0.4, 0.5) is 5.82 Å². The van der Waals surface area contributed by atoms with E-state index in [9.17, 15) is 9.90 Å². The molecular weight excluding hydrogens is 254 g/mol. The normalized spacial score (nSPS) is 27.2. The van der Waals surface area contributed by atoms with Crippen LogP contribution in [0.5, 0.6) is 0 Å². The zero-order chi connectivity index (χ0) is 13.6. The van der Waals surface area contributed by atoms with Crippen LogP contribution in [0.2, 0.25) is 0 Å². The predicted molar refractivity (Wildman–Crippen MR) is 64.2 cm³/mol. The number of rotatable bonds is 2. The SMILES string of the molecule is Nc1n[nH]c(=O)c2c1ncn2C1CC(O)C(CO)O1. The van der Waals surface area contributed by atoms with Crippen LogP contribution in [0.1, 0.15) is 12.6 Å². The highest BCUT2D eigenvalue weighted by atomic mass is 16.5. The Bertz CT molecular complexity index is 665. The van der Waals surface area contributed by atoms with Crippen molar-refractivity contribution in [1.82, 2.24) is 19.7 Å². The molecule has 3 rings (SSSR count). The molecule has 102 valence electrons. The molecule has 9 heteroatoms. The molecule has 3 heterocycles. The van der Waals surface area contributed by atoms with E-state index in [1.807, 2.05) is 0 Å². The van der Waals surface area contributed by atoms with Crippen molar-refractivity contribution in [3.05, 3.63) is 16.7 Å². The van der Waals surface area contributed by atoms with Crippen LogP contribution < -0.4 is 11.3 Å². The van der Waals surface area contributed by atoms with Crippen molar-refractivity contribution in [2.24, 2.45) is 0 Å². The van der Waals surface area contributed by atoms with Crippen molar-refractivity contribution in [1.29, 1.82) is 0 Å². The first kappa shape index (κ1) is 12.1. The van der Waals surface area contributed by atoms with Gasteiger partial charge < -0.3 is 20.7 Å². The molecule has 0 amide bonds. The third-order valence-electron chi connectivity index (χ3n) is 3.22. The number of aliphatic hydroxyl groups excluding tert-OH is 2. The molecule has 0 aliphatic carbocycles. The maximum Gasteiger partial charge on any atom is 0.290 e. The van der Waals surface area contributed by atoms with Crippen molar-refractivity contribution in [3.63, 3.8) is 0 Å². The number of nitrogens with two attached hydrogens (primary N) is 1. The van der Waals surface area contributed by atoms with Gasteiger partial charge in [-0.2, -0.15) is 5.10 Å². The Morgan fingerprint density at radius 1 is 1.63 bits per heavy atom. The first-order valence-corrected chi connectivity index (χ1v) is 5.77. The molecule has 1 fully saturated rings. The average molecular weight is 267 g/mol. The van der Waals surface area contributed by atoms with Gasteiger partial charge in [-0.1, -0.05) is 0 Å². The summed E-state index contributed by atoms with van der Waals surface area (Å²) in [6.45, 7) is -0.287. The van der Waals surface area contributed by atoms with Gasteiger partial charge in [0.05, 0.1) is 19.0 Å². The fraction of sp³-hybridized carbons (Fsp3) is 0.500. The van der Waals surface area contributed by atoms with Crippen molar-refractivity contribution >= 4 is 16.9 Å². The van der Waals surface area contributed by atoms with E-state index in [1.165, 1.54) is 10.9 Å². The third-order valence-corrected chi connectivity index (χ3v) is 3.22. The minimum Gasteiger partial charge on any atom is -0.394 e. The van der Waals surface area contributed by atoms with E-state index in [0.717, 1.165) is 0 Å². The minimum atomic E-state index is -0.786. The van der Waals surface area contributed by atoms with Crippen LogP contribution in [0.25, 0.3) is 11.0 Å². The van der Waals surface area contributed by atoms with Crippen LogP contribution in [-0.2, 0) is 4.74 Å². The zero-order valence-corrected chi connectivity index (χ0v) is 9.85. The summed E-state index contributed by atoms with van der Waals surface area (Å²) in [5.41, 5.74) is 5.72. The van der Waals surface area contributed by atoms with Gasteiger partial charge in [0.1, 0.15) is 23.4 Å². The van der Waals surface area contributed by atoms with Crippen molar-refractivity contribution < 1.29 is 14.9 Å². The number of aromatic amines is 1. The van der Waals surface area contributed by atoms with Crippen molar-refractivity contribution in [2.45, 2.75) is 24.9 Å². The lowest BCUT2D eigenvalue weighted by atomic mass is 10.2. The van der Waals surface area contributed by atoms with Crippen LogP contribution >= 0.6 is 0 Å². The Kier molecular flexibility index (Phi) is 2.73. The summed E-state index contributed by atoms with van der Waals surface area (Å²) in [6, 6.07) is 0. The third kappa shape index (κ3) is 1.79. The number of hydrogen-bond acceptors (Lipinski definition) is 7. The van der Waals surface area contributed by atoms with E-state index in [1.54, 1.807) is 0 Å². The van der Waals surface area contributed by atoms with E-state index >= 15 is 0 Å². The summed E-state index contributed by atoms with van der Waals surface area (Å²) in [6.07, 6.45) is -0.348. The number of nitrogens with zero attached hydrogens (tertiary/aromatic N) is 3. The second-order valence-electron chi connectivity index (χ2n) is 4.40. The number of aliphatic hydroxyl groups is 2. The first-order chi connectivity index (χ1) is 9.11. The van der Waals surface area contributed by atoms with Crippen LogP contribution in [0.15, 0.2) is 11.1 Å². The van der Waals surface area contributed by atoms with E-state index in [4.69, 9.17) is 15.6 Å². The molecule has 1 aliphatic rings. The Morgan fingerprint density at radius 2 is 2.42 bits per heavy atom. The number of H-pyrrole nitrogens is 1. The van der Waals surface area contributed by atoms with Gasteiger partial charge in [-0.3, -0.25) is 9.36 Å². The minimum absolute atomic E-state index is 0.116. The highest BCUT2D eigenvalue weighted by Gasteiger charge is 2.35. The summed E-state index contributed by atoms with van der Waals surface area (Å²) < 4.78 is 6.97. The Labute approximate surface area is 106 Å². The summed E-state index contributed by atoms with van der Waals surface area (Å²) in [5.74, 6) is 0.116. The van der Waals surface area contributed by atoms with Gasteiger partial charge in [0.25, 0.3) is 5.56 Å². The number of anilines is 1. The molecule has 19 heavy (non-hydrogen) atoms. The van der Waals surface area contributed by atoms with E-state index in [-0.39, 0.29) is 29.9 Å². The van der Waals surface area contributed by atoms with Crippen LogP contribution in [-0.4, -0.2) is 48.8 Å². The fourth-order valence-corrected chi connectivity index (χ4v) is 2.26. The number of fused-ring (bicyclic) bond motifs is 1. The molecule has 5 N–H and O–H groups in total. The van der Waals surface area contributed by atoms with Crippen molar-refractivity contribution in [3.8, 4) is 0 Å². The lowest BCUT2D eigenvalue weighted by molar-refractivity contribution is -0.0431. The number of nitrogen functional groups attached to an aromatic ring is 1. The quantitative estimate of drug-likeness (QED) is 0.510. The Balaban J connectivity index is 2.08. The van der Waals surface area contributed by atoms with Gasteiger partial charge in [0.2, 0.25) is 0 Å². The lowest BCUT2D eigenvalue weighted by Gasteiger charge is -2.13. The molecule has 0 radical (unpaired) electrons. The van der Waals surface area contributed by atoms with Gasteiger partial charge in [-0.25, -0.2) is 10.1 Å². The molecule has 1 saturated heterocycles. The summed E-state index contributed by atoms with van der Waals surface area (Å²) in [4.78, 5) is 15.8. The molecule has 2 aromatic heterocycles. The van der Waals surface area contributed by atoms with Gasteiger partial charge in [0.15, 0.2) is 5.82 Å². The van der Waals surface area contributed by atoms with E-state index in [0.29, 0.717) is 0 Å². The first-order valence-electron chi connectivity index (χ1n) is 5.77. The maximum absolute atomic E-state index is 11.8. The average Bonchev–Trinajstić information content (AvgIpc) is 2.97. The standard InChI is InChI=1S/C10H13N5O4/c11-9-7-8(10(18)14-13-9)15(3-12-7)6-1-4(17)5(2-16)19-6/h3-6,16-17H,1-2H2,(H2,11,13)(H,14,18). The highest BCUT2D eigenvalue weighted by Crippen LogP contribution is 2.30. The number of nitrogens with one attached hydrogen (secondary N) is 1. The number of hydrogen-bond donors (Lipinski definition) is 4. The van der Waals surface area contributed by atoms with Gasteiger partial charge in [-0.05, 0) is 0 Å². The van der Waals surface area contributed by atoms with Crippen LogP contribution in [0.3, 0.4) is 0 Å². The predicted octanol–water partition coefficient (Wildman–Crippen LogP) is -1.66. The molecule has 0 spiro atoms. The number of aromatic nitrogens is 4. The second-order valence-corrected chi connectivity index (χ2v) is 4.40. The highest BCUT2D eigenvalue weighted by molar-refractivity contribution is 5.83. The Morgan fingerprint density at radius 3 is 3.11 bits per heavy atom. The maximum atomic E-state index is 11.8. The molecular formula is C10H13N5O4. The zero-order valence-electron chi connectivity index (χ0n) is 9.85. The topological polar surface area (TPSA) is 139 Å². The molecule has 3 atom stereocenters. The smallest absolute Gasteiger partial charge is 0.290 e. The molecule has 1 aliphatic heterocycles. The lowest BCUT2D eigenvalue weighted by Crippen LogP contribution is -2.24. The molecule has 0 bridgehead atoms. The molecule has 2 aromatic rings. The summed E-state index contributed by atoms with van der Waals surface area (Å²) >= 11 is 0. The molecule has 0 saturated carbocycles.